The summed E-state index contributed by atoms with van der Waals surface area (Å²) in [5.74, 6) is 0. The molecule has 0 fully saturated rings. The van der Waals surface area contributed by atoms with Gasteiger partial charge in [0, 0.05) is 17.6 Å². The van der Waals surface area contributed by atoms with E-state index in [0.717, 1.165) is 0 Å². The van der Waals surface area contributed by atoms with E-state index in [0.29, 0.717) is 0 Å². The molecule has 0 nitrogen and oxygen atoms in total. The second kappa shape index (κ2) is 38.0. The van der Waals surface area contributed by atoms with Crippen molar-refractivity contribution >= 4 is 17.6 Å². The van der Waals surface area contributed by atoms with E-state index in [4.69, 9.17) is 0 Å². The SMILES string of the molecule is [F-].[F-].[F-].[Ge].[K+]. The maximum absolute atomic E-state index is 0. The molecule has 0 bridgehead atoms. The fourth-order valence-corrected chi connectivity index (χ4v) is 0. The van der Waals surface area contributed by atoms with Crippen molar-refractivity contribution in [2.75, 3.05) is 0 Å². The first-order chi connectivity index (χ1) is 0. The normalized spacial score (nSPS) is 0. The third-order valence-corrected chi connectivity index (χ3v) is 0. The van der Waals surface area contributed by atoms with Crippen LogP contribution in [0.3, 0.4) is 0 Å². The molecular weight excluding hydrogens is 169 g/mol. The number of halogens is 3. The smallest absolute Gasteiger partial charge is 1.00 e. The van der Waals surface area contributed by atoms with Crippen LogP contribution < -0.4 is 65.5 Å². The van der Waals surface area contributed by atoms with E-state index in [1.165, 1.54) is 0 Å². The van der Waals surface area contributed by atoms with Crippen molar-refractivity contribution in [3.8, 4) is 0 Å². The minimum absolute atomic E-state index is 0. The van der Waals surface area contributed by atoms with Gasteiger partial charge in [0.15, 0.2) is 0 Å². The Balaban J connectivity index is 0. The zero-order valence-corrected chi connectivity index (χ0v) is 7.86. The van der Waals surface area contributed by atoms with Crippen LogP contribution in [0.15, 0.2) is 0 Å². The maximum atomic E-state index is 0. The fourth-order valence-electron chi connectivity index (χ4n) is 0. The van der Waals surface area contributed by atoms with Gasteiger partial charge in [0.1, 0.15) is 0 Å². The quantitative estimate of drug-likeness (QED) is 0.316. The molecule has 5 heteroatoms. The molecule has 4 radical (unpaired) electrons. The molecule has 0 saturated carbocycles. The zero-order chi connectivity index (χ0) is 0. The third-order valence-electron chi connectivity index (χ3n) is 0. The van der Waals surface area contributed by atoms with Gasteiger partial charge in [-0.25, -0.2) is 0 Å². The summed E-state index contributed by atoms with van der Waals surface area (Å²) in [6, 6.07) is 0. The van der Waals surface area contributed by atoms with Crippen LogP contribution in [0.5, 0.6) is 0 Å². The molecule has 5 heavy (non-hydrogen) atoms. The van der Waals surface area contributed by atoms with Gasteiger partial charge in [0.2, 0.25) is 0 Å². The Hall–Kier alpha value is 1.97. The van der Waals surface area contributed by atoms with E-state index in [1.807, 2.05) is 0 Å². The molecule has 0 unspecified atom stereocenters. The van der Waals surface area contributed by atoms with E-state index >= 15 is 0 Å². The Morgan fingerprint density at radius 3 is 0.600 bits per heavy atom. The molecule has 0 amide bonds. The van der Waals surface area contributed by atoms with Gasteiger partial charge in [0.25, 0.3) is 0 Å². The minimum atomic E-state index is 0. The molecule has 0 N–H and O–H groups in total. The Kier molecular flexibility index (Phi) is 487. The van der Waals surface area contributed by atoms with Crippen molar-refractivity contribution < 1.29 is 65.5 Å². The van der Waals surface area contributed by atoms with Gasteiger partial charge in [0.05, 0.1) is 0 Å². The number of hydrogen-bond acceptors (Lipinski definition) is 0. The minimum Gasteiger partial charge on any atom is -1.00 e. The Morgan fingerprint density at radius 1 is 0.600 bits per heavy atom. The summed E-state index contributed by atoms with van der Waals surface area (Å²) in [4.78, 5) is 0. The van der Waals surface area contributed by atoms with Crippen molar-refractivity contribution in [3.05, 3.63) is 0 Å². The third kappa shape index (κ3) is 24.3. The Morgan fingerprint density at radius 2 is 0.600 bits per heavy atom. The van der Waals surface area contributed by atoms with Gasteiger partial charge in [-0.3, -0.25) is 0 Å². The van der Waals surface area contributed by atoms with Crippen LogP contribution in [0.1, 0.15) is 0 Å². The topological polar surface area (TPSA) is 0 Å². The molecule has 0 aliphatic carbocycles. The molecule has 0 aromatic carbocycles. The van der Waals surface area contributed by atoms with Gasteiger partial charge in [-0.1, -0.05) is 0 Å². The van der Waals surface area contributed by atoms with Crippen LogP contribution in [-0.4, -0.2) is 17.6 Å². The largest absolute Gasteiger partial charge is 1.00 e. The second-order valence-electron chi connectivity index (χ2n) is 0. The first kappa shape index (κ1) is 64.0. The predicted octanol–water partition coefficient (Wildman–Crippen LogP) is -12.4. The first-order valence-electron chi connectivity index (χ1n) is 0. The number of hydrogen-bond donors (Lipinski definition) is 0. The Labute approximate surface area is 81.6 Å². The van der Waals surface area contributed by atoms with Crippen molar-refractivity contribution in [1.29, 1.82) is 0 Å². The molecule has 0 rings (SSSR count). The van der Waals surface area contributed by atoms with Crippen LogP contribution in [0, 0.1) is 0 Å². The van der Waals surface area contributed by atoms with E-state index < -0.39 is 0 Å². The standard InChI is InChI=1S/3FH.Ge.K/h3*1H;;/q;;;;+1/p-3. The molecular formula is F3GeK-2. The van der Waals surface area contributed by atoms with Crippen molar-refractivity contribution in [3.63, 3.8) is 0 Å². The van der Waals surface area contributed by atoms with Crippen molar-refractivity contribution in [1.82, 2.24) is 0 Å². The predicted molar refractivity (Wildman–Crippen MR) is 5.75 cm³/mol. The molecule has 0 spiro atoms. The second-order valence-corrected chi connectivity index (χ2v) is 0. The van der Waals surface area contributed by atoms with Crippen LogP contribution in [0.4, 0.5) is 0 Å². The van der Waals surface area contributed by atoms with Crippen molar-refractivity contribution in [2.24, 2.45) is 0 Å². The molecule has 0 aromatic heterocycles. The van der Waals surface area contributed by atoms with Gasteiger partial charge >= 0.3 is 51.4 Å². The summed E-state index contributed by atoms with van der Waals surface area (Å²) < 4.78 is 0. The summed E-state index contributed by atoms with van der Waals surface area (Å²) in [7, 11) is 0. The van der Waals surface area contributed by atoms with Gasteiger partial charge < -0.3 is 14.1 Å². The average Bonchev–Trinajstić information content (AvgIpc) is 0. The molecule has 0 saturated heterocycles. The van der Waals surface area contributed by atoms with Crippen LogP contribution in [-0.2, 0) is 0 Å². The van der Waals surface area contributed by atoms with E-state index in [9.17, 15) is 0 Å². The molecule has 28 valence electrons. The Bertz CT molecular complexity index is 6.85. The monoisotopic (exact) mass is 170 g/mol. The van der Waals surface area contributed by atoms with Crippen LogP contribution in [0.25, 0.3) is 0 Å². The van der Waals surface area contributed by atoms with Crippen molar-refractivity contribution in [2.45, 2.75) is 0 Å². The summed E-state index contributed by atoms with van der Waals surface area (Å²) >= 11 is 0. The summed E-state index contributed by atoms with van der Waals surface area (Å²) in [6.45, 7) is 0. The van der Waals surface area contributed by atoms with Crippen LogP contribution >= 0.6 is 0 Å². The van der Waals surface area contributed by atoms with E-state index in [2.05, 4.69) is 0 Å². The summed E-state index contributed by atoms with van der Waals surface area (Å²) in [5, 5.41) is 0. The zero-order valence-electron chi connectivity index (χ0n) is 2.63. The molecule has 0 aliphatic rings. The van der Waals surface area contributed by atoms with Crippen LogP contribution in [0.2, 0.25) is 0 Å². The average molecular weight is 169 g/mol. The molecule has 0 aliphatic heterocycles. The molecule has 0 atom stereocenters. The van der Waals surface area contributed by atoms with Gasteiger partial charge in [-0.05, 0) is 0 Å². The van der Waals surface area contributed by atoms with E-state index in [1.54, 1.807) is 0 Å². The fraction of sp³-hybridized carbons (Fsp3) is 0. The summed E-state index contributed by atoms with van der Waals surface area (Å²) in [5.41, 5.74) is 0. The van der Waals surface area contributed by atoms with Gasteiger partial charge in [-0.2, -0.15) is 0 Å². The first-order valence-corrected chi connectivity index (χ1v) is 0. The maximum Gasteiger partial charge on any atom is 1.00 e. The van der Waals surface area contributed by atoms with E-state index in [-0.39, 0.29) is 83.1 Å². The van der Waals surface area contributed by atoms with Gasteiger partial charge in [-0.15, -0.1) is 0 Å². The molecule has 0 heterocycles. The summed E-state index contributed by atoms with van der Waals surface area (Å²) in [6.07, 6.45) is 0. The molecule has 0 aromatic rings. The number of rotatable bonds is 0.